The number of ether oxygens (including phenoxy) is 1. The maximum atomic E-state index is 11.7. The zero-order valence-corrected chi connectivity index (χ0v) is 10.3. The third-order valence-electron chi connectivity index (χ3n) is 3.08. The summed E-state index contributed by atoms with van der Waals surface area (Å²) in [6.45, 7) is 0.176. The average molecular weight is 259 g/mol. The molecule has 1 aliphatic heterocycles. The van der Waals surface area contributed by atoms with E-state index in [2.05, 4.69) is 10.4 Å². The van der Waals surface area contributed by atoms with Crippen molar-refractivity contribution >= 4 is 5.91 Å². The zero-order valence-electron chi connectivity index (χ0n) is 10.3. The van der Waals surface area contributed by atoms with Crippen LogP contribution in [0, 0.1) is 0 Å². The van der Waals surface area contributed by atoms with Gasteiger partial charge in [0.2, 0.25) is 0 Å². The molecule has 0 saturated heterocycles. The molecule has 0 fully saturated rings. The number of methoxy groups -OCH3 is 1. The molecule has 0 bridgehead atoms. The van der Waals surface area contributed by atoms with E-state index >= 15 is 0 Å². The van der Waals surface area contributed by atoms with Gasteiger partial charge < -0.3 is 15.2 Å². The summed E-state index contributed by atoms with van der Waals surface area (Å²) < 4.78 is 6.44. The molecule has 0 aliphatic carbocycles. The molecule has 98 valence electrons. The minimum Gasteiger partial charge on any atom is -0.497 e. The number of nitrogens with zero attached hydrogens (tertiary/aromatic N) is 2. The number of carbonyl (C=O) groups is 1. The Hall–Kier alpha value is -2.34. The summed E-state index contributed by atoms with van der Waals surface area (Å²) in [6.07, 6.45) is -0.820. The van der Waals surface area contributed by atoms with E-state index in [-0.39, 0.29) is 12.5 Å². The quantitative estimate of drug-likeness (QED) is 0.836. The highest BCUT2D eigenvalue weighted by Gasteiger charge is 2.25. The first-order chi connectivity index (χ1) is 9.19. The Morgan fingerprint density at radius 1 is 1.42 bits per heavy atom. The van der Waals surface area contributed by atoms with Crippen molar-refractivity contribution in [2.45, 2.75) is 6.23 Å². The van der Waals surface area contributed by atoms with Crippen LogP contribution in [0.25, 0.3) is 11.3 Å². The van der Waals surface area contributed by atoms with Gasteiger partial charge in [0.1, 0.15) is 11.4 Å². The van der Waals surface area contributed by atoms with E-state index in [1.807, 2.05) is 24.3 Å². The standard InChI is InChI=1S/C13H13N3O3/c1-19-9-4-2-8(3-5-9)10-6-11-13(18)14-7-12(17)16(11)15-10/h2-6,12,17H,7H2,1H3,(H,14,18). The Labute approximate surface area is 109 Å². The van der Waals surface area contributed by atoms with Crippen molar-refractivity contribution in [3.63, 3.8) is 0 Å². The molecule has 1 aromatic carbocycles. The van der Waals surface area contributed by atoms with Gasteiger partial charge in [-0.3, -0.25) is 4.79 Å². The second-order valence-electron chi connectivity index (χ2n) is 4.28. The average Bonchev–Trinajstić information content (AvgIpc) is 2.89. The number of β-amino-alcohol motifs (C(OH)–C–C–N with tert-alkyl or cyclic N) is 1. The number of hydrogen-bond donors (Lipinski definition) is 2. The van der Waals surface area contributed by atoms with Crippen molar-refractivity contribution in [1.29, 1.82) is 0 Å². The van der Waals surface area contributed by atoms with Crippen molar-refractivity contribution in [3.8, 4) is 17.0 Å². The number of carbonyl (C=O) groups excluding carboxylic acids is 1. The lowest BCUT2D eigenvalue weighted by Gasteiger charge is -2.19. The van der Waals surface area contributed by atoms with Crippen LogP contribution in [0.1, 0.15) is 16.7 Å². The number of hydrogen-bond acceptors (Lipinski definition) is 4. The van der Waals surface area contributed by atoms with Gasteiger partial charge in [-0.1, -0.05) is 0 Å². The summed E-state index contributed by atoms with van der Waals surface area (Å²) in [5.74, 6) is 0.531. The summed E-state index contributed by atoms with van der Waals surface area (Å²) in [5, 5.41) is 16.7. The number of fused-ring (bicyclic) bond motifs is 1. The minimum atomic E-state index is -0.820. The number of benzene rings is 1. The van der Waals surface area contributed by atoms with Crippen molar-refractivity contribution in [1.82, 2.24) is 15.1 Å². The van der Waals surface area contributed by atoms with Gasteiger partial charge in [0.15, 0.2) is 6.23 Å². The van der Waals surface area contributed by atoms with E-state index in [0.717, 1.165) is 11.3 Å². The third kappa shape index (κ3) is 1.96. The van der Waals surface area contributed by atoms with Gasteiger partial charge in [0.05, 0.1) is 19.3 Å². The van der Waals surface area contributed by atoms with E-state index in [0.29, 0.717) is 11.4 Å². The number of aliphatic hydroxyl groups excluding tert-OH is 1. The number of aliphatic hydroxyl groups is 1. The summed E-state index contributed by atoms with van der Waals surface area (Å²) in [6, 6.07) is 9.03. The van der Waals surface area contributed by atoms with Crippen LogP contribution in [0.2, 0.25) is 0 Å². The van der Waals surface area contributed by atoms with Crippen molar-refractivity contribution in [2.24, 2.45) is 0 Å². The lowest BCUT2D eigenvalue weighted by Crippen LogP contribution is -2.39. The molecule has 0 radical (unpaired) electrons. The lowest BCUT2D eigenvalue weighted by molar-refractivity contribution is 0.0594. The Morgan fingerprint density at radius 3 is 2.79 bits per heavy atom. The van der Waals surface area contributed by atoms with E-state index in [1.165, 1.54) is 4.68 Å². The maximum absolute atomic E-state index is 11.7. The van der Waals surface area contributed by atoms with Crippen molar-refractivity contribution in [2.75, 3.05) is 13.7 Å². The molecule has 1 aromatic heterocycles. The monoisotopic (exact) mass is 259 g/mol. The van der Waals surface area contributed by atoms with Crippen LogP contribution in [-0.2, 0) is 0 Å². The van der Waals surface area contributed by atoms with Crippen LogP contribution >= 0.6 is 0 Å². The van der Waals surface area contributed by atoms with Gasteiger partial charge >= 0.3 is 0 Å². The molecule has 1 unspecified atom stereocenters. The van der Waals surface area contributed by atoms with Crippen LogP contribution < -0.4 is 10.1 Å². The predicted molar refractivity (Wildman–Crippen MR) is 67.8 cm³/mol. The van der Waals surface area contributed by atoms with Crippen LogP contribution in [0.3, 0.4) is 0 Å². The molecular weight excluding hydrogens is 246 g/mol. The Kier molecular flexibility index (Phi) is 2.72. The molecule has 2 aromatic rings. The van der Waals surface area contributed by atoms with Gasteiger partial charge in [-0.05, 0) is 30.3 Å². The Morgan fingerprint density at radius 2 is 2.16 bits per heavy atom. The number of nitrogens with one attached hydrogen (secondary N) is 1. The Bertz CT molecular complexity index is 619. The summed E-state index contributed by atoms with van der Waals surface area (Å²) in [7, 11) is 1.60. The highest BCUT2D eigenvalue weighted by atomic mass is 16.5. The minimum absolute atomic E-state index is 0.176. The van der Waals surface area contributed by atoms with Gasteiger partial charge in [0, 0.05) is 5.56 Å². The topological polar surface area (TPSA) is 76.4 Å². The van der Waals surface area contributed by atoms with Crippen LogP contribution in [0.15, 0.2) is 30.3 Å². The molecule has 0 spiro atoms. The summed E-state index contributed by atoms with van der Waals surface area (Å²) in [5.41, 5.74) is 1.88. The number of rotatable bonds is 2. The van der Waals surface area contributed by atoms with Gasteiger partial charge in [-0.25, -0.2) is 4.68 Å². The molecule has 1 aliphatic rings. The molecule has 6 nitrogen and oxygen atoms in total. The molecule has 2 heterocycles. The second kappa shape index (κ2) is 4.40. The molecule has 2 N–H and O–H groups in total. The number of aromatic nitrogens is 2. The van der Waals surface area contributed by atoms with Crippen LogP contribution in [0.4, 0.5) is 0 Å². The number of amides is 1. The normalized spacial score (nSPS) is 17.8. The van der Waals surface area contributed by atoms with Crippen LogP contribution in [0.5, 0.6) is 5.75 Å². The first-order valence-corrected chi connectivity index (χ1v) is 5.89. The molecule has 1 atom stereocenters. The molecule has 3 rings (SSSR count). The smallest absolute Gasteiger partial charge is 0.269 e. The first kappa shape index (κ1) is 11.7. The maximum Gasteiger partial charge on any atom is 0.269 e. The van der Waals surface area contributed by atoms with Crippen molar-refractivity contribution < 1.29 is 14.6 Å². The highest BCUT2D eigenvalue weighted by Crippen LogP contribution is 2.24. The fourth-order valence-electron chi connectivity index (χ4n) is 2.06. The Balaban J connectivity index is 2.01. The van der Waals surface area contributed by atoms with Gasteiger partial charge in [-0.15, -0.1) is 0 Å². The van der Waals surface area contributed by atoms with Gasteiger partial charge in [0.25, 0.3) is 5.91 Å². The van der Waals surface area contributed by atoms with E-state index in [1.54, 1.807) is 13.2 Å². The lowest BCUT2D eigenvalue weighted by atomic mass is 10.1. The summed E-state index contributed by atoms with van der Waals surface area (Å²) in [4.78, 5) is 11.7. The molecule has 0 saturated carbocycles. The molecule has 1 amide bonds. The second-order valence-corrected chi connectivity index (χ2v) is 4.28. The molecular formula is C13H13N3O3. The highest BCUT2D eigenvalue weighted by molar-refractivity contribution is 5.94. The van der Waals surface area contributed by atoms with E-state index in [9.17, 15) is 9.90 Å². The van der Waals surface area contributed by atoms with Crippen LogP contribution in [-0.4, -0.2) is 34.4 Å². The van der Waals surface area contributed by atoms with Crippen molar-refractivity contribution in [3.05, 3.63) is 36.0 Å². The first-order valence-electron chi connectivity index (χ1n) is 5.89. The SMILES string of the molecule is COc1ccc(-c2cc3n(n2)C(O)CNC3=O)cc1. The summed E-state index contributed by atoms with van der Waals surface area (Å²) >= 11 is 0. The third-order valence-corrected chi connectivity index (χ3v) is 3.08. The van der Waals surface area contributed by atoms with E-state index < -0.39 is 6.23 Å². The van der Waals surface area contributed by atoms with Gasteiger partial charge in [-0.2, -0.15) is 5.10 Å². The zero-order chi connectivity index (χ0) is 13.4. The fourth-order valence-corrected chi connectivity index (χ4v) is 2.06. The fraction of sp³-hybridized carbons (Fsp3) is 0.231. The molecule has 19 heavy (non-hydrogen) atoms. The largest absolute Gasteiger partial charge is 0.497 e. The van der Waals surface area contributed by atoms with E-state index in [4.69, 9.17) is 4.74 Å². The molecule has 6 heteroatoms. The predicted octanol–water partition coefficient (Wildman–Crippen LogP) is 0.793.